The maximum atomic E-state index is 2.55. The van der Waals surface area contributed by atoms with E-state index in [0.717, 1.165) is 11.3 Å². The number of hydrogen-bond acceptors (Lipinski definition) is 0. The second-order valence-corrected chi connectivity index (χ2v) is 39.8. The van der Waals surface area contributed by atoms with E-state index in [1.165, 1.54) is 13.9 Å². The number of hydrogen-bond donors (Lipinski definition) is 0. The molecule has 10 aliphatic heterocycles. The fourth-order valence-corrected chi connectivity index (χ4v) is 99.0. The topological polar surface area (TPSA) is 0 Å². The summed E-state index contributed by atoms with van der Waals surface area (Å²) < 4.78 is 1.21. The van der Waals surface area contributed by atoms with E-state index in [-0.39, 0.29) is 0 Å². The van der Waals surface area contributed by atoms with E-state index in [1.54, 1.807) is 33.7 Å². The molecule has 0 aliphatic carbocycles. The summed E-state index contributed by atoms with van der Waals surface area (Å²) in [4.78, 5) is 13.9. The Labute approximate surface area is 107 Å². The SMILES string of the molecule is CC(C)P(C[C]12[CH]3[CH]4[CH]5[CH]1[Fe]45321678[CH]2[CH]1[CH]6[CH]7[CH]28)C(C)C. The van der Waals surface area contributed by atoms with Crippen LogP contribution < -0.4 is 0 Å². The molecular formula is C17H25FeP. The molecule has 0 amide bonds. The Kier molecular flexibility index (Phi) is 0.347. The first-order chi connectivity index (χ1) is 8.78. The third kappa shape index (κ3) is 0.106. The molecule has 2 heteroatoms. The molecule has 0 bridgehead atoms. The molecule has 1 spiro atoms. The molecule has 0 N–H and O–H groups in total. The molecule has 0 radical (unpaired) electrons. The van der Waals surface area contributed by atoms with Crippen molar-refractivity contribution in [1.82, 2.24) is 0 Å². The molecule has 10 rings (SSSR count). The second kappa shape index (κ2) is 0.772. The van der Waals surface area contributed by atoms with Gasteiger partial charge in [-0.15, -0.1) is 0 Å². The first-order valence-corrected chi connectivity index (χ1v) is 16.7. The Morgan fingerprint density at radius 2 is 1.21 bits per heavy atom. The fourth-order valence-electron chi connectivity index (χ4n) is 18.3. The van der Waals surface area contributed by atoms with Crippen molar-refractivity contribution in [2.24, 2.45) is 0 Å². The Morgan fingerprint density at radius 3 is 1.42 bits per heavy atom. The van der Waals surface area contributed by atoms with E-state index in [2.05, 4.69) is 27.7 Å². The van der Waals surface area contributed by atoms with Gasteiger partial charge in [0.05, 0.1) is 0 Å². The summed E-state index contributed by atoms with van der Waals surface area (Å²) >= 11 is 0. The first kappa shape index (κ1) is 8.55. The van der Waals surface area contributed by atoms with E-state index < -0.39 is 6.51 Å². The normalized spacial score (nSPS) is 109. The average molecular weight is 316 g/mol. The van der Waals surface area contributed by atoms with Crippen LogP contribution in [0.4, 0.5) is 0 Å². The molecule has 10 heterocycles. The van der Waals surface area contributed by atoms with Gasteiger partial charge in [0.2, 0.25) is 0 Å². The summed E-state index contributed by atoms with van der Waals surface area (Å²) in [6, 6.07) is 0. The minimum atomic E-state index is -2.72. The first-order valence-electron chi connectivity index (χ1n) is 8.75. The predicted octanol–water partition coefficient (Wildman–Crippen LogP) is 6.04. The van der Waals surface area contributed by atoms with E-state index >= 15 is 0 Å². The van der Waals surface area contributed by atoms with Crippen molar-refractivity contribution in [3.05, 3.63) is 0 Å². The van der Waals surface area contributed by atoms with Gasteiger partial charge in [-0.25, -0.2) is 0 Å². The van der Waals surface area contributed by atoms with Crippen LogP contribution in [0, 0.1) is 0 Å². The van der Waals surface area contributed by atoms with E-state index in [0.29, 0.717) is 7.92 Å². The third-order valence-corrected chi connectivity index (χ3v) is 63.5. The van der Waals surface area contributed by atoms with Gasteiger partial charge < -0.3 is 0 Å². The molecule has 4 atom stereocenters. The summed E-state index contributed by atoms with van der Waals surface area (Å²) in [6.45, 7) is 7.49. The van der Waals surface area contributed by atoms with Gasteiger partial charge in [0.1, 0.15) is 0 Å². The van der Waals surface area contributed by atoms with Crippen molar-refractivity contribution in [3.63, 3.8) is 0 Å². The van der Waals surface area contributed by atoms with Gasteiger partial charge in [0.15, 0.2) is 0 Å². The fraction of sp³-hybridized carbons (Fsp3) is 1.00. The van der Waals surface area contributed by atoms with Gasteiger partial charge in [-0.1, -0.05) is 0 Å². The third-order valence-electron chi connectivity index (χ3n) is 16.7. The maximum absolute atomic E-state index is 2.72. The van der Waals surface area contributed by atoms with E-state index in [4.69, 9.17) is 0 Å². The van der Waals surface area contributed by atoms with Crippen LogP contribution in [0.1, 0.15) is 27.7 Å². The molecule has 10 saturated heterocycles. The summed E-state index contributed by atoms with van der Waals surface area (Å²) in [5, 5.41) is 0. The van der Waals surface area contributed by atoms with Crippen LogP contribution in [0.2, 0.25) is 47.7 Å². The van der Waals surface area contributed by atoms with Crippen LogP contribution >= 0.6 is 7.92 Å². The van der Waals surface area contributed by atoms with Crippen molar-refractivity contribution >= 4 is 7.92 Å². The molecule has 10 fully saturated rings. The summed E-state index contributed by atoms with van der Waals surface area (Å²) in [6.07, 6.45) is 1.82. The predicted molar refractivity (Wildman–Crippen MR) is 78.5 cm³/mol. The zero-order valence-corrected chi connectivity index (χ0v) is 14.4. The molecule has 10 aliphatic rings. The van der Waals surface area contributed by atoms with Gasteiger partial charge >= 0.3 is 107 Å². The Bertz CT molecular complexity index is 900. The molecule has 0 aromatic rings. The van der Waals surface area contributed by atoms with Crippen molar-refractivity contribution in [3.8, 4) is 0 Å². The summed E-state index contributed by atoms with van der Waals surface area (Å²) in [5.41, 5.74) is 2.02. The van der Waals surface area contributed by atoms with Gasteiger partial charge in [0, 0.05) is 0 Å². The molecule has 0 aromatic heterocycles. The molecule has 0 nitrogen and oxygen atoms in total. The van der Waals surface area contributed by atoms with Crippen LogP contribution in [-0.2, 0) is 6.51 Å². The van der Waals surface area contributed by atoms with Crippen LogP contribution in [0.5, 0.6) is 0 Å². The van der Waals surface area contributed by atoms with Crippen molar-refractivity contribution in [2.75, 3.05) is 6.16 Å². The van der Waals surface area contributed by atoms with Gasteiger partial charge in [0.25, 0.3) is 0 Å². The quantitative estimate of drug-likeness (QED) is 0.438. The Hall–Kier alpha value is 0.949. The average Bonchev–Trinajstić information content (AvgIpc) is 3.28. The Morgan fingerprint density at radius 1 is 0.789 bits per heavy atom. The van der Waals surface area contributed by atoms with Crippen LogP contribution in [0.25, 0.3) is 0 Å². The summed E-state index contributed by atoms with van der Waals surface area (Å²) in [5.74, 6) is 0. The van der Waals surface area contributed by atoms with Gasteiger partial charge in [-0.2, -0.15) is 0 Å². The molecule has 0 aromatic carbocycles. The summed E-state index contributed by atoms with van der Waals surface area (Å²) in [7, 11) is 0.350. The monoisotopic (exact) mass is 316 g/mol. The van der Waals surface area contributed by atoms with Crippen molar-refractivity contribution in [2.45, 2.75) is 86.7 Å². The minimum absolute atomic E-state index is 0.350. The van der Waals surface area contributed by atoms with Gasteiger partial charge in [-0.3, -0.25) is 0 Å². The molecule has 19 heavy (non-hydrogen) atoms. The van der Waals surface area contributed by atoms with Crippen LogP contribution in [0.3, 0.4) is 0 Å². The van der Waals surface area contributed by atoms with Crippen molar-refractivity contribution < 1.29 is 6.51 Å². The molecular weight excluding hydrogens is 291 g/mol. The molecule has 106 valence electrons. The standard InChI is InChI=1S/C12H20P.C5H5.Fe/c1-10(2)13(11(3)4)9-12-7-5-6-8-12;1-2-4-5-3-1;/h5-8,10-11H,9H2,1-4H3;1-5H;. The van der Waals surface area contributed by atoms with Gasteiger partial charge in [-0.05, 0) is 0 Å². The zero-order chi connectivity index (χ0) is 12.5. The molecule has 0 saturated carbocycles. The van der Waals surface area contributed by atoms with Crippen LogP contribution in [-0.4, -0.2) is 17.5 Å². The van der Waals surface area contributed by atoms with E-state index in [9.17, 15) is 0 Å². The number of rotatable bonds is 4. The zero-order valence-electron chi connectivity index (χ0n) is 12.4. The van der Waals surface area contributed by atoms with Crippen LogP contribution in [0.15, 0.2) is 0 Å². The molecule has 4 unspecified atom stereocenters. The number of fused-ring (bicyclic) bond motifs is 10. The van der Waals surface area contributed by atoms with E-state index in [1.807, 2.05) is 6.16 Å². The van der Waals surface area contributed by atoms with Crippen molar-refractivity contribution in [1.29, 1.82) is 0 Å². The second-order valence-electron chi connectivity index (χ2n) is 12.7. The Balaban J connectivity index is 1.34.